The summed E-state index contributed by atoms with van der Waals surface area (Å²) in [6, 6.07) is 16.7. The molecule has 0 aliphatic carbocycles. The van der Waals surface area contributed by atoms with Crippen molar-refractivity contribution in [3.05, 3.63) is 70.4 Å². The second-order valence-electron chi connectivity index (χ2n) is 5.16. The van der Waals surface area contributed by atoms with Crippen LogP contribution in [0.5, 0.6) is 0 Å². The van der Waals surface area contributed by atoms with Crippen LogP contribution in [0.4, 0.5) is 5.95 Å². The third kappa shape index (κ3) is 2.94. The Bertz CT molecular complexity index is 1020. The maximum absolute atomic E-state index is 6.20. The van der Waals surface area contributed by atoms with Gasteiger partial charge in [-0.05, 0) is 42.5 Å². The number of halogens is 2. The number of imidazole rings is 1. The number of aromatic nitrogens is 2. The molecule has 0 spiro atoms. The molecular formula is C18H11Cl2N3O. The molecule has 0 atom stereocenters. The minimum absolute atomic E-state index is 0.527. The Hall–Kier alpha value is -2.56. The lowest BCUT2D eigenvalue weighted by atomic mass is 10.2. The number of nitrogens with zero attached hydrogens (tertiary/aromatic N) is 2. The number of aliphatic imine (C=N–C) groups is 1. The van der Waals surface area contributed by atoms with E-state index >= 15 is 0 Å². The third-order valence-electron chi connectivity index (χ3n) is 3.51. The van der Waals surface area contributed by atoms with E-state index in [9.17, 15) is 0 Å². The van der Waals surface area contributed by atoms with Crippen LogP contribution in [-0.4, -0.2) is 16.2 Å². The monoisotopic (exact) mass is 355 g/mol. The quantitative estimate of drug-likeness (QED) is 0.466. The Morgan fingerprint density at radius 1 is 1.04 bits per heavy atom. The van der Waals surface area contributed by atoms with E-state index < -0.39 is 0 Å². The fourth-order valence-corrected chi connectivity index (χ4v) is 2.88. The second-order valence-corrected chi connectivity index (χ2v) is 6.01. The molecule has 6 heteroatoms. The standard InChI is InChI=1S/C18H11Cl2N3O/c19-11-5-7-13(14(20)9-11)17-8-6-12(24-17)10-21-18-22-15-3-1-2-4-16(15)23-18/h1-10H,(H,22,23)/b21-10-. The predicted octanol–water partition coefficient (Wildman–Crippen LogP) is 5.88. The topological polar surface area (TPSA) is 54.2 Å². The number of aromatic amines is 1. The van der Waals surface area contributed by atoms with E-state index in [1.165, 1.54) is 0 Å². The fraction of sp³-hybridized carbons (Fsp3) is 0. The summed E-state index contributed by atoms with van der Waals surface area (Å²) in [4.78, 5) is 11.8. The Morgan fingerprint density at radius 2 is 1.92 bits per heavy atom. The predicted molar refractivity (Wildman–Crippen MR) is 97.5 cm³/mol. The van der Waals surface area contributed by atoms with Crippen LogP contribution < -0.4 is 0 Å². The molecule has 118 valence electrons. The lowest BCUT2D eigenvalue weighted by Crippen LogP contribution is -1.77. The first-order valence-electron chi connectivity index (χ1n) is 7.23. The van der Waals surface area contributed by atoms with Crippen LogP contribution in [0, 0.1) is 0 Å². The van der Waals surface area contributed by atoms with Crippen molar-refractivity contribution in [1.82, 2.24) is 9.97 Å². The first kappa shape index (κ1) is 15.0. The van der Waals surface area contributed by atoms with Gasteiger partial charge in [0.15, 0.2) is 0 Å². The van der Waals surface area contributed by atoms with Crippen LogP contribution in [0.2, 0.25) is 10.0 Å². The van der Waals surface area contributed by atoms with Gasteiger partial charge in [0.25, 0.3) is 0 Å². The lowest BCUT2D eigenvalue weighted by molar-refractivity contribution is 0.575. The first-order valence-corrected chi connectivity index (χ1v) is 7.99. The van der Waals surface area contributed by atoms with Gasteiger partial charge in [0.1, 0.15) is 11.5 Å². The number of nitrogens with one attached hydrogen (secondary N) is 1. The number of fused-ring (bicyclic) bond motifs is 1. The molecule has 0 amide bonds. The van der Waals surface area contributed by atoms with Gasteiger partial charge >= 0.3 is 0 Å². The molecule has 2 aromatic heterocycles. The van der Waals surface area contributed by atoms with Crippen molar-refractivity contribution in [3.63, 3.8) is 0 Å². The highest BCUT2D eigenvalue weighted by molar-refractivity contribution is 6.36. The smallest absolute Gasteiger partial charge is 0.227 e. The van der Waals surface area contributed by atoms with Crippen molar-refractivity contribution < 1.29 is 4.42 Å². The SMILES string of the molecule is Clc1ccc(-c2ccc(/C=N\c3nc4ccccc4[nH]3)o2)c(Cl)c1. The summed E-state index contributed by atoms with van der Waals surface area (Å²) in [5.74, 6) is 1.79. The molecule has 0 saturated carbocycles. The fourth-order valence-electron chi connectivity index (χ4n) is 2.38. The van der Waals surface area contributed by atoms with E-state index in [1.807, 2.05) is 42.5 Å². The zero-order chi connectivity index (χ0) is 16.5. The van der Waals surface area contributed by atoms with E-state index in [-0.39, 0.29) is 0 Å². The molecule has 0 bridgehead atoms. The highest BCUT2D eigenvalue weighted by atomic mass is 35.5. The number of para-hydroxylation sites is 2. The van der Waals surface area contributed by atoms with E-state index in [1.54, 1.807) is 18.3 Å². The molecule has 0 saturated heterocycles. The normalized spacial score (nSPS) is 11.6. The summed E-state index contributed by atoms with van der Waals surface area (Å²) in [7, 11) is 0. The van der Waals surface area contributed by atoms with Crippen LogP contribution in [-0.2, 0) is 0 Å². The van der Waals surface area contributed by atoms with Gasteiger partial charge in [0, 0.05) is 10.6 Å². The number of rotatable bonds is 3. The first-order chi connectivity index (χ1) is 11.7. The maximum Gasteiger partial charge on any atom is 0.227 e. The van der Waals surface area contributed by atoms with Gasteiger partial charge in [0.2, 0.25) is 5.95 Å². The molecule has 0 unspecified atom stereocenters. The molecule has 4 rings (SSSR count). The average molecular weight is 356 g/mol. The van der Waals surface area contributed by atoms with Gasteiger partial charge in [0.05, 0.1) is 22.3 Å². The van der Waals surface area contributed by atoms with Gasteiger partial charge in [-0.1, -0.05) is 35.3 Å². The number of hydrogen-bond acceptors (Lipinski definition) is 3. The van der Waals surface area contributed by atoms with Crippen LogP contribution in [0.25, 0.3) is 22.4 Å². The number of H-pyrrole nitrogens is 1. The van der Waals surface area contributed by atoms with E-state index in [0.29, 0.717) is 27.5 Å². The van der Waals surface area contributed by atoms with Gasteiger partial charge in [-0.15, -0.1) is 0 Å². The zero-order valence-corrected chi connectivity index (χ0v) is 13.8. The Balaban J connectivity index is 1.60. The van der Waals surface area contributed by atoms with Gasteiger partial charge < -0.3 is 9.40 Å². The van der Waals surface area contributed by atoms with E-state index in [2.05, 4.69) is 15.0 Å². The van der Waals surface area contributed by atoms with Gasteiger partial charge in [-0.2, -0.15) is 0 Å². The molecule has 0 fully saturated rings. The number of benzene rings is 2. The van der Waals surface area contributed by atoms with Crippen LogP contribution in [0.15, 0.2) is 64.0 Å². The molecule has 0 aliphatic heterocycles. The molecule has 4 nitrogen and oxygen atoms in total. The second kappa shape index (κ2) is 6.15. The molecule has 24 heavy (non-hydrogen) atoms. The maximum atomic E-state index is 6.20. The molecule has 4 aromatic rings. The third-order valence-corrected chi connectivity index (χ3v) is 4.06. The lowest BCUT2D eigenvalue weighted by Gasteiger charge is -2.00. The van der Waals surface area contributed by atoms with E-state index in [0.717, 1.165) is 16.6 Å². The van der Waals surface area contributed by atoms with Crippen molar-refractivity contribution in [1.29, 1.82) is 0 Å². The Morgan fingerprint density at radius 3 is 2.75 bits per heavy atom. The van der Waals surface area contributed by atoms with Crippen LogP contribution >= 0.6 is 23.2 Å². The Labute approximate surface area is 147 Å². The molecular weight excluding hydrogens is 345 g/mol. The molecule has 0 radical (unpaired) electrons. The minimum atomic E-state index is 0.527. The summed E-state index contributed by atoms with van der Waals surface area (Å²) in [6.45, 7) is 0. The summed E-state index contributed by atoms with van der Waals surface area (Å²) in [6.07, 6.45) is 1.62. The molecule has 2 aromatic carbocycles. The van der Waals surface area contributed by atoms with Gasteiger partial charge in [-0.3, -0.25) is 0 Å². The summed E-state index contributed by atoms with van der Waals surface area (Å²) in [5.41, 5.74) is 2.60. The van der Waals surface area contributed by atoms with Crippen molar-refractivity contribution >= 4 is 46.4 Å². The summed E-state index contributed by atoms with van der Waals surface area (Å²) in [5, 5.41) is 1.12. The van der Waals surface area contributed by atoms with Crippen LogP contribution in [0.3, 0.4) is 0 Å². The van der Waals surface area contributed by atoms with Crippen molar-refractivity contribution in [2.75, 3.05) is 0 Å². The zero-order valence-electron chi connectivity index (χ0n) is 12.3. The summed E-state index contributed by atoms with van der Waals surface area (Å²) >= 11 is 12.1. The highest BCUT2D eigenvalue weighted by Gasteiger charge is 2.08. The number of furan rings is 1. The molecule has 1 N–H and O–H groups in total. The van der Waals surface area contributed by atoms with Gasteiger partial charge in [-0.25, -0.2) is 9.98 Å². The van der Waals surface area contributed by atoms with Crippen molar-refractivity contribution in [2.24, 2.45) is 4.99 Å². The molecule has 2 heterocycles. The minimum Gasteiger partial charge on any atom is -0.455 e. The highest BCUT2D eigenvalue weighted by Crippen LogP contribution is 2.31. The molecule has 0 aliphatic rings. The van der Waals surface area contributed by atoms with Crippen molar-refractivity contribution in [2.45, 2.75) is 0 Å². The van der Waals surface area contributed by atoms with E-state index in [4.69, 9.17) is 27.6 Å². The summed E-state index contributed by atoms with van der Waals surface area (Å²) < 4.78 is 5.77. The Kier molecular flexibility index (Phi) is 3.84. The number of hydrogen-bond donors (Lipinski definition) is 1. The largest absolute Gasteiger partial charge is 0.455 e. The van der Waals surface area contributed by atoms with Crippen molar-refractivity contribution in [3.8, 4) is 11.3 Å². The average Bonchev–Trinajstić information content (AvgIpc) is 3.19. The van der Waals surface area contributed by atoms with Crippen LogP contribution in [0.1, 0.15) is 5.76 Å².